The molecule has 3 heteroatoms. The minimum Gasteiger partial charge on any atom is -0.497 e. The first-order chi connectivity index (χ1) is 10.2. The molecule has 3 nitrogen and oxygen atoms in total. The molecule has 0 heterocycles. The average Bonchev–Trinajstić information content (AvgIpc) is 2.54. The molecule has 1 unspecified atom stereocenters. The molecule has 0 saturated carbocycles. The van der Waals surface area contributed by atoms with E-state index in [1.165, 1.54) is 11.1 Å². The lowest BCUT2D eigenvalue weighted by atomic mass is 10.1. The molecular weight excluding hydrogens is 262 g/mol. The highest BCUT2D eigenvalue weighted by atomic mass is 16.5. The van der Waals surface area contributed by atoms with E-state index >= 15 is 0 Å². The zero-order valence-electron chi connectivity index (χ0n) is 12.9. The zero-order valence-corrected chi connectivity index (χ0v) is 12.9. The molecule has 1 N–H and O–H groups in total. The van der Waals surface area contributed by atoms with E-state index in [4.69, 9.17) is 9.47 Å². The van der Waals surface area contributed by atoms with Crippen LogP contribution in [0.2, 0.25) is 0 Å². The summed E-state index contributed by atoms with van der Waals surface area (Å²) in [5.41, 5.74) is 3.48. The normalized spacial score (nSPS) is 12.0. The van der Waals surface area contributed by atoms with Crippen LogP contribution in [0.15, 0.2) is 48.5 Å². The molecule has 0 aliphatic heterocycles. The minimum absolute atomic E-state index is 0.197. The van der Waals surface area contributed by atoms with Crippen molar-refractivity contribution in [2.24, 2.45) is 0 Å². The van der Waals surface area contributed by atoms with Crippen molar-refractivity contribution in [3.63, 3.8) is 0 Å². The summed E-state index contributed by atoms with van der Waals surface area (Å²) in [6.45, 7) is 5.51. The van der Waals surface area contributed by atoms with E-state index in [2.05, 4.69) is 36.5 Å². The third kappa shape index (κ3) is 4.23. The van der Waals surface area contributed by atoms with Gasteiger partial charge < -0.3 is 14.8 Å². The summed E-state index contributed by atoms with van der Waals surface area (Å²) in [5, 5.41) is 3.55. The van der Waals surface area contributed by atoms with Gasteiger partial charge in [-0.15, -0.1) is 0 Å². The lowest BCUT2D eigenvalue weighted by Crippen LogP contribution is -2.09. The molecule has 0 spiro atoms. The van der Waals surface area contributed by atoms with Crippen molar-refractivity contribution in [3.8, 4) is 5.75 Å². The Morgan fingerprint density at radius 3 is 2.67 bits per heavy atom. The van der Waals surface area contributed by atoms with E-state index in [-0.39, 0.29) is 6.04 Å². The van der Waals surface area contributed by atoms with E-state index in [0.29, 0.717) is 6.61 Å². The maximum absolute atomic E-state index is 5.52. The Labute approximate surface area is 126 Å². The van der Waals surface area contributed by atoms with Crippen molar-refractivity contribution in [1.29, 1.82) is 0 Å². The molecule has 0 amide bonds. The third-order valence-corrected chi connectivity index (χ3v) is 3.44. The smallest absolute Gasteiger partial charge is 0.119 e. The second kappa shape index (κ2) is 7.70. The van der Waals surface area contributed by atoms with Gasteiger partial charge in [-0.25, -0.2) is 0 Å². The molecule has 0 saturated heterocycles. The predicted octanol–water partition coefficient (Wildman–Crippen LogP) is 4.40. The van der Waals surface area contributed by atoms with Crippen LogP contribution in [0, 0.1) is 0 Å². The van der Waals surface area contributed by atoms with E-state index in [1.807, 2.05) is 31.2 Å². The molecule has 112 valence electrons. The molecule has 0 bridgehead atoms. The molecule has 0 radical (unpaired) electrons. The third-order valence-electron chi connectivity index (χ3n) is 3.44. The maximum Gasteiger partial charge on any atom is 0.119 e. The SMILES string of the molecule is CCOCc1ccccc1NC(C)c1cccc(OC)c1. The van der Waals surface area contributed by atoms with Crippen LogP contribution in [-0.2, 0) is 11.3 Å². The molecular formula is C18H23NO2. The summed E-state index contributed by atoms with van der Waals surface area (Å²) in [4.78, 5) is 0. The Kier molecular flexibility index (Phi) is 5.64. The van der Waals surface area contributed by atoms with Gasteiger partial charge >= 0.3 is 0 Å². The van der Waals surface area contributed by atoms with Crippen molar-refractivity contribution in [3.05, 3.63) is 59.7 Å². The minimum atomic E-state index is 0.197. The fourth-order valence-corrected chi connectivity index (χ4v) is 2.23. The van der Waals surface area contributed by atoms with Crippen molar-refractivity contribution in [2.45, 2.75) is 26.5 Å². The summed E-state index contributed by atoms with van der Waals surface area (Å²) in [7, 11) is 1.69. The average molecular weight is 285 g/mol. The number of ether oxygens (including phenoxy) is 2. The van der Waals surface area contributed by atoms with Crippen molar-refractivity contribution in [1.82, 2.24) is 0 Å². The van der Waals surface area contributed by atoms with Crippen LogP contribution in [0.25, 0.3) is 0 Å². The van der Waals surface area contributed by atoms with Gasteiger partial charge in [-0.3, -0.25) is 0 Å². The molecule has 2 aromatic rings. The topological polar surface area (TPSA) is 30.5 Å². The zero-order chi connectivity index (χ0) is 15.1. The number of rotatable bonds is 7. The summed E-state index contributed by atoms with van der Waals surface area (Å²) < 4.78 is 10.8. The molecule has 2 rings (SSSR count). The van der Waals surface area contributed by atoms with E-state index in [0.717, 1.165) is 18.0 Å². The van der Waals surface area contributed by atoms with Gasteiger partial charge in [0.05, 0.1) is 13.7 Å². The highest BCUT2D eigenvalue weighted by Crippen LogP contribution is 2.25. The standard InChI is InChI=1S/C18H23NO2/c1-4-21-13-16-8-5-6-11-18(16)19-14(2)15-9-7-10-17(12-15)20-3/h5-12,14,19H,4,13H2,1-3H3. The van der Waals surface area contributed by atoms with Crippen molar-refractivity contribution >= 4 is 5.69 Å². The van der Waals surface area contributed by atoms with E-state index < -0.39 is 0 Å². The lowest BCUT2D eigenvalue weighted by molar-refractivity contribution is 0.134. The van der Waals surface area contributed by atoms with Crippen LogP contribution in [-0.4, -0.2) is 13.7 Å². The fourth-order valence-electron chi connectivity index (χ4n) is 2.23. The first-order valence-corrected chi connectivity index (χ1v) is 7.30. The van der Waals surface area contributed by atoms with Gasteiger partial charge in [0.25, 0.3) is 0 Å². The molecule has 21 heavy (non-hydrogen) atoms. The number of hydrogen-bond acceptors (Lipinski definition) is 3. The number of anilines is 1. The Balaban J connectivity index is 2.13. The molecule has 0 aromatic heterocycles. The number of hydrogen-bond donors (Lipinski definition) is 1. The first kappa shape index (κ1) is 15.4. The number of nitrogens with one attached hydrogen (secondary N) is 1. The molecule has 0 aliphatic rings. The van der Waals surface area contributed by atoms with Gasteiger partial charge in [-0.2, -0.15) is 0 Å². The Morgan fingerprint density at radius 2 is 1.90 bits per heavy atom. The predicted molar refractivity (Wildman–Crippen MR) is 86.8 cm³/mol. The molecule has 1 atom stereocenters. The summed E-state index contributed by atoms with van der Waals surface area (Å²) in [5.74, 6) is 0.878. The Morgan fingerprint density at radius 1 is 1.10 bits per heavy atom. The largest absolute Gasteiger partial charge is 0.497 e. The van der Waals surface area contributed by atoms with E-state index in [1.54, 1.807) is 7.11 Å². The fraction of sp³-hybridized carbons (Fsp3) is 0.333. The van der Waals surface area contributed by atoms with Crippen molar-refractivity contribution < 1.29 is 9.47 Å². The number of para-hydroxylation sites is 1. The Hall–Kier alpha value is -2.00. The molecule has 2 aromatic carbocycles. The summed E-state index contributed by atoms with van der Waals surface area (Å²) in [6, 6.07) is 16.6. The van der Waals surface area contributed by atoms with Crippen LogP contribution in [0.3, 0.4) is 0 Å². The van der Waals surface area contributed by atoms with Crippen molar-refractivity contribution in [2.75, 3.05) is 19.0 Å². The highest BCUT2D eigenvalue weighted by Gasteiger charge is 2.09. The van der Waals surface area contributed by atoms with Crippen LogP contribution >= 0.6 is 0 Å². The maximum atomic E-state index is 5.52. The van der Waals surface area contributed by atoms with Gasteiger partial charge in [0.2, 0.25) is 0 Å². The molecule has 0 fully saturated rings. The number of benzene rings is 2. The highest BCUT2D eigenvalue weighted by molar-refractivity contribution is 5.52. The van der Waals surface area contributed by atoms with Gasteiger partial charge in [0, 0.05) is 23.9 Å². The Bertz CT molecular complexity index is 569. The lowest BCUT2D eigenvalue weighted by Gasteiger charge is -2.19. The summed E-state index contributed by atoms with van der Waals surface area (Å²) in [6.07, 6.45) is 0. The second-order valence-corrected chi connectivity index (χ2v) is 4.94. The summed E-state index contributed by atoms with van der Waals surface area (Å²) >= 11 is 0. The quantitative estimate of drug-likeness (QED) is 0.817. The van der Waals surface area contributed by atoms with Gasteiger partial charge in [-0.1, -0.05) is 30.3 Å². The molecule has 0 aliphatic carbocycles. The van der Waals surface area contributed by atoms with Crippen LogP contribution in [0.4, 0.5) is 5.69 Å². The monoisotopic (exact) mass is 285 g/mol. The van der Waals surface area contributed by atoms with Gasteiger partial charge in [0.1, 0.15) is 5.75 Å². The van der Waals surface area contributed by atoms with Crippen LogP contribution < -0.4 is 10.1 Å². The van der Waals surface area contributed by atoms with Gasteiger partial charge in [0.15, 0.2) is 0 Å². The van der Waals surface area contributed by atoms with Gasteiger partial charge in [-0.05, 0) is 37.6 Å². The van der Waals surface area contributed by atoms with Crippen LogP contribution in [0.5, 0.6) is 5.75 Å². The first-order valence-electron chi connectivity index (χ1n) is 7.30. The van der Waals surface area contributed by atoms with E-state index in [9.17, 15) is 0 Å². The number of methoxy groups -OCH3 is 1. The van der Waals surface area contributed by atoms with Crippen LogP contribution in [0.1, 0.15) is 31.0 Å². The second-order valence-electron chi connectivity index (χ2n) is 4.94.